The number of aromatic nitrogens is 2. The van der Waals surface area contributed by atoms with E-state index in [9.17, 15) is 29.0 Å². The van der Waals surface area contributed by atoms with Gasteiger partial charge in [-0.05, 0) is 102 Å². The van der Waals surface area contributed by atoms with E-state index in [4.69, 9.17) is 0 Å². The number of rotatable bonds is 4. The van der Waals surface area contributed by atoms with Crippen LogP contribution in [0.2, 0.25) is 0 Å². The number of hydrogen-bond acceptors (Lipinski definition) is 3. The number of halogens is 3. The molecule has 0 aliphatic carbocycles. The van der Waals surface area contributed by atoms with Crippen molar-refractivity contribution < 1.29 is 13.2 Å². The summed E-state index contributed by atoms with van der Waals surface area (Å²) in [5.74, 6) is 0. The van der Waals surface area contributed by atoms with Gasteiger partial charge in [-0.2, -0.15) is 29.0 Å². The molecule has 0 saturated heterocycles. The number of para-hydroxylation sites is 3. The van der Waals surface area contributed by atoms with E-state index in [1.165, 1.54) is 18.2 Å². The lowest BCUT2D eigenvalue weighted by Crippen LogP contribution is -2.07. The molecule has 0 fully saturated rings. The maximum atomic E-state index is 14.6. The fourth-order valence-electron chi connectivity index (χ4n) is 7.63. The molecule has 0 unspecified atom stereocenters. The van der Waals surface area contributed by atoms with Crippen LogP contribution in [-0.4, -0.2) is 9.13 Å². The molecule has 8 heteroatoms. The molecule has 7 aromatic carbocycles. The van der Waals surface area contributed by atoms with E-state index in [-0.39, 0.29) is 0 Å². The van der Waals surface area contributed by atoms with Gasteiger partial charge in [-0.3, -0.25) is 0 Å². The maximum Gasteiger partial charge on any atom is 0.416 e. The van der Waals surface area contributed by atoms with E-state index in [1.807, 2.05) is 112 Å². The summed E-state index contributed by atoms with van der Waals surface area (Å²) in [5.41, 5.74) is 6.89. The zero-order chi connectivity index (χ0) is 37.1. The second-order valence-electron chi connectivity index (χ2n) is 13.1. The maximum absolute atomic E-state index is 14.6. The van der Waals surface area contributed by atoms with E-state index >= 15 is 0 Å². The number of benzene rings is 7. The molecule has 9 aromatic rings. The van der Waals surface area contributed by atoms with Crippen molar-refractivity contribution in [2.75, 3.05) is 0 Å². The van der Waals surface area contributed by atoms with Crippen LogP contribution in [0.25, 0.3) is 77.2 Å². The van der Waals surface area contributed by atoms with E-state index < -0.39 is 11.7 Å². The van der Waals surface area contributed by atoms with Crippen molar-refractivity contribution in [2.45, 2.75) is 6.18 Å². The monoisotopic (exact) mass is 703 g/mol. The van der Waals surface area contributed by atoms with Crippen molar-refractivity contribution in [1.82, 2.24) is 9.13 Å². The molecule has 0 saturated carbocycles. The minimum atomic E-state index is -4.59. The Bertz CT molecular complexity index is 3060. The van der Waals surface area contributed by atoms with Crippen molar-refractivity contribution in [3.8, 4) is 51.8 Å². The predicted octanol–water partition coefficient (Wildman–Crippen LogP) is 11.8. The molecule has 0 aliphatic rings. The van der Waals surface area contributed by atoms with Crippen LogP contribution in [0.3, 0.4) is 0 Å². The second kappa shape index (κ2) is 12.3. The van der Waals surface area contributed by atoms with Gasteiger partial charge in [0.15, 0.2) is 0 Å². The van der Waals surface area contributed by atoms with Gasteiger partial charge in [0.05, 0.1) is 68.2 Å². The van der Waals surface area contributed by atoms with Crippen molar-refractivity contribution in [3.63, 3.8) is 0 Å². The summed E-state index contributed by atoms with van der Waals surface area (Å²) in [6, 6.07) is 49.7. The fraction of sp³-hybridized carbons (Fsp3) is 0.0217. The highest BCUT2D eigenvalue weighted by Gasteiger charge is 2.32. The molecule has 54 heavy (non-hydrogen) atoms. The Morgan fingerprint density at radius 3 is 1.57 bits per heavy atom. The van der Waals surface area contributed by atoms with Gasteiger partial charge < -0.3 is 9.13 Å². The number of alkyl halides is 3. The largest absolute Gasteiger partial charge is 0.416 e. The van der Waals surface area contributed by atoms with Crippen LogP contribution in [0.15, 0.2) is 146 Å². The molecule has 0 amide bonds. The van der Waals surface area contributed by atoms with Crippen LogP contribution < -0.4 is 0 Å². The third kappa shape index (κ3) is 5.15. The molecule has 5 nitrogen and oxygen atoms in total. The van der Waals surface area contributed by atoms with E-state index in [0.29, 0.717) is 50.3 Å². The molecule has 254 valence electrons. The standard InChI is InChI=1S/C46H24F3N5/c47-46(48,49)34-21-32(22-35(24-34)53-41-10-4-1-7-36(41)37-8-2-5-11-42(37)53)31-14-16-45-40(23-31)38-9-3-6-12-43(38)54(45)44-15-13-28(25-50)20-39(44)33-18-29(26-51)17-30(19-33)27-52/h1-24H. The Balaban J connectivity index is 1.29. The zero-order valence-corrected chi connectivity index (χ0v) is 28.2. The molecule has 0 bridgehead atoms. The summed E-state index contributed by atoms with van der Waals surface area (Å²) in [4.78, 5) is 0. The first-order chi connectivity index (χ1) is 26.2. The van der Waals surface area contributed by atoms with Crippen LogP contribution in [-0.2, 0) is 6.18 Å². The first-order valence-electron chi connectivity index (χ1n) is 17.0. The van der Waals surface area contributed by atoms with E-state index in [0.717, 1.165) is 43.6 Å². The molecule has 9 rings (SSSR count). The molecule has 0 aliphatic heterocycles. The summed E-state index contributed by atoms with van der Waals surface area (Å²) in [6.45, 7) is 0. The fourth-order valence-corrected chi connectivity index (χ4v) is 7.63. The summed E-state index contributed by atoms with van der Waals surface area (Å²) in [7, 11) is 0. The highest BCUT2D eigenvalue weighted by molar-refractivity contribution is 6.11. The topological polar surface area (TPSA) is 81.2 Å². The summed E-state index contributed by atoms with van der Waals surface area (Å²) in [6.07, 6.45) is -4.59. The third-order valence-electron chi connectivity index (χ3n) is 9.96. The van der Waals surface area contributed by atoms with Crippen LogP contribution in [0.5, 0.6) is 0 Å². The summed E-state index contributed by atoms with van der Waals surface area (Å²) < 4.78 is 47.9. The Labute approximate surface area is 306 Å². The quantitative estimate of drug-likeness (QED) is 0.183. The lowest BCUT2D eigenvalue weighted by Gasteiger charge is -2.16. The first kappa shape index (κ1) is 32.3. The van der Waals surface area contributed by atoms with Crippen LogP contribution in [0.4, 0.5) is 13.2 Å². The van der Waals surface area contributed by atoms with Crippen LogP contribution in [0, 0.1) is 34.0 Å². The molecule has 0 radical (unpaired) electrons. The van der Waals surface area contributed by atoms with E-state index in [2.05, 4.69) is 18.2 Å². The molecular formula is C46H24F3N5. The summed E-state index contributed by atoms with van der Waals surface area (Å²) in [5, 5.41) is 32.9. The van der Waals surface area contributed by atoms with Gasteiger partial charge in [-0.15, -0.1) is 0 Å². The van der Waals surface area contributed by atoms with Crippen molar-refractivity contribution in [1.29, 1.82) is 15.8 Å². The van der Waals surface area contributed by atoms with Gasteiger partial charge in [0.1, 0.15) is 0 Å². The van der Waals surface area contributed by atoms with Gasteiger partial charge >= 0.3 is 6.18 Å². The lowest BCUT2D eigenvalue weighted by atomic mass is 9.97. The number of fused-ring (bicyclic) bond motifs is 6. The average Bonchev–Trinajstić information content (AvgIpc) is 3.72. The normalized spacial score (nSPS) is 11.6. The minimum absolute atomic E-state index is 0.311. The Morgan fingerprint density at radius 2 is 0.981 bits per heavy atom. The minimum Gasteiger partial charge on any atom is -0.309 e. The third-order valence-corrected chi connectivity index (χ3v) is 9.96. The Morgan fingerprint density at radius 1 is 0.426 bits per heavy atom. The number of hydrogen-bond donors (Lipinski definition) is 0. The van der Waals surface area contributed by atoms with Crippen molar-refractivity contribution in [2.24, 2.45) is 0 Å². The van der Waals surface area contributed by atoms with Crippen molar-refractivity contribution >= 4 is 43.6 Å². The Hall–Kier alpha value is -7.60. The molecule has 0 N–H and O–H groups in total. The van der Waals surface area contributed by atoms with Gasteiger partial charge in [-0.25, -0.2) is 0 Å². The molecular weight excluding hydrogens is 680 g/mol. The number of nitriles is 3. The van der Waals surface area contributed by atoms with Gasteiger partial charge in [-0.1, -0.05) is 60.7 Å². The highest BCUT2D eigenvalue weighted by Crippen LogP contribution is 2.41. The highest BCUT2D eigenvalue weighted by atomic mass is 19.4. The molecule has 0 atom stereocenters. The summed E-state index contributed by atoms with van der Waals surface area (Å²) >= 11 is 0. The SMILES string of the molecule is N#Cc1cc(C#N)cc(-c2cc(C#N)ccc2-n2c3ccccc3c3cc(-c4cc(-n5c6ccccc6c6ccccc65)cc(C(F)(F)F)c4)ccc32)c1. The smallest absolute Gasteiger partial charge is 0.309 e. The number of nitrogens with zero attached hydrogens (tertiary/aromatic N) is 5. The molecule has 2 aromatic heterocycles. The Kier molecular flexibility index (Phi) is 7.34. The second-order valence-corrected chi connectivity index (χ2v) is 13.1. The zero-order valence-electron chi connectivity index (χ0n) is 28.2. The molecule has 2 heterocycles. The van der Waals surface area contributed by atoms with Gasteiger partial charge in [0, 0.05) is 32.8 Å². The van der Waals surface area contributed by atoms with Crippen molar-refractivity contribution in [3.05, 3.63) is 168 Å². The van der Waals surface area contributed by atoms with Crippen LogP contribution in [0.1, 0.15) is 22.3 Å². The average molecular weight is 704 g/mol. The van der Waals surface area contributed by atoms with Gasteiger partial charge in [0.25, 0.3) is 0 Å². The lowest BCUT2D eigenvalue weighted by molar-refractivity contribution is -0.137. The van der Waals surface area contributed by atoms with Crippen LogP contribution >= 0.6 is 0 Å². The van der Waals surface area contributed by atoms with Gasteiger partial charge in [0.2, 0.25) is 0 Å². The first-order valence-corrected chi connectivity index (χ1v) is 17.0. The van der Waals surface area contributed by atoms with E-state index in [1.54, 1.807) is 24.3 Å². The molecule has 0 spiro atoms. The predicted molar refractivity (Wildman–Crippen MR) is 205 cm³/mol.